The van der Waals surface area contributed by atoms with Gasteiger partial charge in [0.05, 0.1) is 11.5 Å². The largest absolute Gasteiger partial charge is 0.480 e. The molecule has 1 aromatic rings. The van der Waals surface area contributed by atoms with Crippen LogP contribution in [0.5, 0.6) is 0 Å². The molecule has 20 heavy (non-hydrogen) atoms. The SMILES string of the molecule is COCc1cccc(S(=O)(=O)N[C@@H](C(=O)O)C(C)C)c1. The molecule has 112 valence electrons. The molecule has 0 aliphatic rings. The van der Waals surface area contributed by atoms with E-state index in [0.29, 0.717) is 5.56 Å². The van der Waals surface area contributed by atoms with E-state index in [4.69, 9.17) is 9.84 Å². The summed E-state index contributed by atoms with van der Waals surface area (Å²) >= 11 is 0. The van der Waals surface area contributed by atoms with Gasteiger partial charge < -0.3 is 9.84 Å². The monoisotopic (exact) mass is 301 g/mol. The average molecular weight is 301 g/mol. The Bertz CT molecular complexity index is 568. The van der Waals surface area contributed by atoms with Gasteiger partial charge >= 0.3 is 5.97 Å². The van der Waals surface area contributed by atoms with Crippen molar-refractivity contribution in [2.45, 2.75) is 31.4 Å². The first kappa shape index (κ1) is 16.6. The van der Waals surface area contributed by atoms with Gasteiger partial charge in [0.2, 0.25) is 10.0 Å². The van der Waals surface area contributed by atoms with Crippen molar-refractivity contribution in [3.8, 4) is 0 Å². The number of carboxylic acid groups (broad SMARTS) is 1. The fourth-order valence-corrected chi connectivity index (χ4v) is 3.08. The minimum atomic E-state index is -3.88. The highest BCUT2D eigenvalue weighted by Gasteiger charge is 2.27. The average Bonchev–Trinajstić information content (AvgIpc) is 2.36. The van der Waals surface area contributed by atoms with Crippen molar-refractivity contribution in [1.82, 2.24) is 4.72 Å². The van der Waals surface area contributed by atoms with Crippen molar-refractivity contribution in [3.63, 3.8) is 0 Å². The molecule has 0 unspecified atom stereocenters. The van der Waals surface area contributed by atoms with E-state index in [-0.39, 0.29) is 17.4 Å². The number of ether oxygens (including phenoxy) is 1. The van der Waals surface area contributed by atoms with Crippen LogP contribution in [0.4, 0.5) is 0 Å². The molecule has 0 saturated heterocycles. The molecule has 0 aliphatic heterocycles. The van der Waals surface area contributed by atoms with Crippen molar-refractivity contribution < 1.29 is 23.1 Å². The van der Waals surface area contributed by atoms with Gasteiger partial charge in [-0.05, 0) is 23.6 Å². The third-order valence-corrected chi connectivity index (χ3v) is 4.17. The lowest BCUT2D eigenvalue weighted by Gasteiger charge is -2.18. The van der Waals surface area contributed by atoms with Gasteiger partial charge in [-0.25, -0.2) is 8.42 Å². The van der Waals surface area contributed by atoms with E-state index < -0.39 is 22.0 Å². The Morgan fingerprint density at radius 2 is 2.05 bits per heavy atom. The normalized spacial score (nSPS) is 13.4. The summed E-state index contributed by atoms with van der Waals surface area (Å²) in [5.74, 6) is -1.55. The molecule has 0 amide bonds. The van der Waals surface area contributed by atoms with E-state index in [1.165, 1.54) is 19.2 Å². The molecular weight excluding hydrogens is 282 g/mol. The Morgan fingerprint density at radius 1 is 1.40 bits per heavy atom. The lowest BCUT2D eigenvalue weighted by atomic mass is 10.1. The maximum absolute atomic E-state index is 12.2. The third-order valence-electron chi connectivity index (χ3n) is 2.73. The fraction of sp³-hybridized carbons (Fsp3) is 0.462. The van der Waals surface area contributed by atoms with Crippen LogP contribution < -0.4 is 4.72 Å². The van der Waals surface area contributed by atoms with Gasteiger partial charge in [0.25, 0.3) is 0 Å². The Labute approximate surface area is 118 Å². The van der Waals surface area contributed by atoms with Crippen molar-refractivity contribution in [2.24, 2.45) is 5.92 Å². The van der Waals surface area contributed by atoms with Crippen LogP contribution >= 0.6 is 0 Å². The number of carboxylic acids is 1. The summed E-state index contributed by atoms with van der Waals surface area (Å²) in [6.07, 6.45) is 0. The Morgan fingerprint density at radius 3 is 2.55 bits per heavy atom. The second kappa shape index (κ2) is 6.83. The standard InChI is InChI=1S/C13H19NO5S/c1-9(2)12(13(15)16)14-20(17,18)11-6-4-5-10(7-11)8-19-3/h4-7,9,12,14H,8H2,1-3H3,(H,15,16)/t12-/m1/s1. The third kappa shape index (κ3) is 4.29. The molecule has 7 heteroatoms. The maximum Gasteiger partial charge on any atom is 0.322 e. The van der Waals surface area contributed by atoms with E-state index in [0.717, 1.165) is 0 Å². The quantitative estimate of drug-likeness (QED) is 0.790. The molecule has 0 aliphatic carbocycles. The van der Waals surface area contributed by atoms with Crippen LogP contribution in [-0.2, 0) is 26.2 Å². The molecule has 0 bridgehead atoms. The first-order valence-electron chi connectivity index (χ1n) is 6.11. The Balaban J connectivity index is 3.04. The van der Waals surface area contributed by atoms with E-state index >= 15 is 0 Å². The maximum atomic E-state index is 12.2. The molecule has 0 aromatic heterocycles. The van der Waals surface area contributed by atoms with Crippen molar-refractivity contribution in [1.29, 1.82) is 0 Å². The molecule has 0 fully saturated rings. The highest BCUT2D eigenvalue weighted by atomic mass is 32.2. The van der Waals surface area contributed by atoms with Gasteiger partial charge in [-0.2, -0.15) is 4.72 Å². The molecule has 1 atom stereocenters. The summed E-state index contributed by atoms with van der Waals surface area (Å²) in [6, 6.07) is 5.05. The van der Waals surface area contributed by atoms with Crippen LogP contribution in [0.3, 0.4) is 0 Å². The minimum Gasteiger partial charge on any atom is -0.480 e. The first-order valence-corrected chi connectivity index (χ1v) is 7.59. The van der Waals surface area contributed by atoms with Crippen LogP contribution in [0.1, 0.15) is 19.4 Å². The van der Waals surface area contributed by atoms with Crippen molar-refractivity contribution in [3.05, 3.63) is 29.8 Å². The van der Waals surface area contributed by atoms with Crippen LogP contribution in [0.25, 0.3) is 0 Å². The van der Waals surface area contributed by atoms with E-state index in [2.05, 4.69) is 4.72 Å². The lowest BCUT2D eigenvalue weighted by molar-refractivity contribution is -0.140. The summed E-state index contributed by atoms with van der Waals surface area (Å²) in [7, 11) is -2.36. The number of benzene rings is 1. The molecule has 0 saturated carbocycles. The highest BCUT2D eigenvalue weighted by molar-refractivity contribution is 7.89. The number of carbonyl (C=O) groups is 1. The number of hydrogen-bond donors (Lipinski definition) is 2. The highest BCUT2D eigenvalue weighted by Crippen LogP contribution is 2.14. The first-order chi connectivity index (χ1) is 9.27. The van der Waals surface area contributed by atoms with Crippen LogP contribution in [0.15, 0.2) is 29.2 Å². The second-order valence-corrected chi connectivity index (χ2v) is 6.48. The van der Waals surface area contributed by atoms with E-state index in [1.54, 1.807) is 26.0 Å². The Kier molecular flexibility index (Phi) is 5.67. The summed E-state index contributed by atoms with van der Waals surface area (Å²) in [5.41, 5.74) is 0.701. The molecule has 1 rings (SSSR count). The topological polar surface area (TPSA) is 92.7 Å². The smallest absolute Gasteiger partial charge is 0.322 e. The number of rotatable bonds is 7. The summed E-state index contributed by atoms with van der Waals surface area (Å²) in [4.78, 5) is 11.1. The summed E-state index contributed by atoms with van der Waals surface area (Å²) in [6.45, 7) is 3.57. The van der Waals surface area contributed by atoms with Gasteiger partial charge in [0.1, 0.15) is 6.04 Å². The van der Waals surface area contributed by atoms with E-state index in [1.807, 2.05) is 0 Å². The lowest BCUT2D eigenvalue weighted by Crippen LogP contribution is -2.44. The van der Waals surface area contributed by atoms with Crippen molar-refractivity contribution >= 4 is 16.0 Å². The van der Waals surface area contributed by atoms with Crippen LogP contribution in [0.2, 0.25) is 0 Å². The number of methoxy groups -OCH3 is 1. The second-order valence-electron chi connectivity index (χ2n) is 4.76. The molecule has 6 nitrogen and oxygen atoms in total. The molecule has 0 heterocycles. The molecule has 1 aromatic carbocycles. The van der Waals surface area contributed by atoms with Gasteiger partial charge in [0.15, 0.2) is 0 Å². The number of aliphatic carboxylic acids is 1. The molecular formula is C13H19NO5S. The van der Waals surface area contributed by atoms with Gasteiger partial charge in [0, 0.05) is 7.11 Å². The molecule has 0 radical (unpaired) electrons. The van der Waals surface area contributed by atoms with Crippen molar-refractivity contribution in [2.75, 3.05) is 7.11 Å². The number of sulfonamides is 1. The summed E-state index contributed by atoms with van der Waals surface area (Å²) in [5, 5.41) is 9.05. The molecule has 2 N–H and O–H groups in total. The predicted molar refractivity (Wildman–Crippen MR) is 73.7 cm³/mol. The fourth-order valence-electron chi connectivity index (χ4n) is 1.68. The van der Waals surface area contributed by atoms with Gasteiger partial charge in [-0.1, -0.05) is 26.0 Å². The zero-order valence-electron chi connectivity index (χ0n) is 11.7. The number of nitrogens with one attached hydrogen (secondary N) is 1. The van der Waals surface area contributed by atoms with Gasteiger partial charge in [-0.3, -0.25) is 4.79 Å². The molecule has 0 spiro atoms. The van der Waals surface area contributed by atoms with Crippen LogP contribution in [0, 0.1) is 5.92 Å². The van der Waals surface area contributed by atoms with E-state index in [9.17, 15) is 13.2 Å². The number of hydrogen-bond acceptors (Lipinski definition) is 4. The predicted octanol–water partition coefficient (Wildman–Crippen LogP) is 1.22. The van der Waals surface area contributed by atoms with Gasteiger partial charge in [-0.15, -0.1) is 0 Å². The Hall–Kier alpha value is -1.44. The van der Waals surface area contributed by atoms with Crippen LogP contribution in [-0.4, -0.2) is 32.6 Å². The minimum absolute atomic E-state index is 0.0268. The zero-order chi connectivity index (χ0) is 15.3. The zero-order valence-corrected chi connectivity index (χ0v) is 12.5. The summed E-state index contributed by atoms with van der Waals surface area (Å²) < 4.78 is 31.5.